The van der Waals surface area contributed by atoms with Crippen LogP contribution < -0.4 is 10.6 Å². The number of likely N-dealkylation sites (N-methyl/N-ethyl adjacent to an activating group) is 1. The van der Waals surface area contributed by atoms with Gasteiger partial charge in [0.15, 0.2) is 5.96 Å². The zero-order valence-corrected chi connectivity index (χ0v) is 18.1. The van der Waals surface area contributed by atoms with Crippen molar-refractivity contribution in [2.75, 3.05) is 41.4 Å². The third kappa shape index (κ3) is 7.81. The Morgan fingerprint density at radius 3 is 2.33 bits per heavy atom. The Morgan fingerprint density at radius 2 is 1.88 bits per heavy atom. The van der Waals surface area contributed by atoms with Gasteiger partial charge in [-0.15, -0.1) is 24.0 Å². The normalized spacial score (nSPS) is 14.0. The summed E-state index contributed by atoms with van der Waals surface area (Å²) in [5.41, 5.74) is 2.67. The fourth-order valence-electron chi connectivity index (χ4n) is 2.49. The summed E-state index contributed by atoms with van der Waals surface area (Å²) in [6.07, 6.45) is 1.07. The van der Waals surface area contributed by atoms with Gasteiger partial charge in [-0.3, -0.25) is 4.99 Å². The summed E-state index contributed by atoms with van der Waals surface area (Å²) in [4.78, 5) is 6.51. The number of benzene rings is 1. The van der Waals surface area contributed by atoms with Crippen molar-refractivity contribution in [1.82, 2.24) is 15.5 Å². The van der Waals surface area contributed by atoms with Crippen molar-refractivity contribution in [3.63, 3.8) is 0 Å². The number of aliphatic imine (C=N–C) groups is 1. The van der Waals surface area contributed by atoms with Gasteiger partial charge in [-0.1, -0.05) is 31.2 Å². The van der Waals surface area contributed by atoms with Gasteiger partial charge in [0.05, 0.1) is 12.6 Å². The maximum atomic E-state index is 5.15. The standard InChI is InChI=1S/C18H32N4O.HI/c1-7-15-8-10-16(11-9-15)17(22(4)5)12-20-18(19-3)21-14(2)13-23-6;/h8-11,14,17H,7,12-13H2,1-6H3,(H2,19,20,21);1H. The van der Waals surface area contributed by atoms with Gasteiger partial charge >= 0.3 is 0 Å². The molecule has 1 aromatic carbocycles. The van der Waals surface area contributed by atoms with E-state index in [0.717, 1.165) is 18.9 Å². The van der Waals surface area contributed by atoms with Crippen LogP contribution >= 0.6 is 24.0 Å². The molecular formula is C18H33IN4O. The third-order valence-corrected chi connectivity index (χ3v) is 3.88. The molecule has 138 valence electrons. The molecule has 0 saturated carbocycles. The summed E-state index contributed by atoms with van der Waals surface area (Å²) in [7, 11) is 7.69. The van der Waals surface area contributed by atoms with Crippen molar-refractivity contribution in [2.24, 2.45) is 4.99 Å². The second-order valence-electron chi connectivity index (χ2n) is 6.03. The summed E-state index contributed by atoms with van der Waals surface area (Å²) in [5.74, 6) is 0.798. The Labute approximate surface area is 164 Å². The predicted molar refractivity (Wildman–Crippen MR) is 113 cm³/mol. The van der Waals surface area contributed by atoms with Crippen LogP contribution in [-0.2, 0) is 11.2 Å². The Hall–Kier alpha value is -0.860. The molecule has 0 radical (unpaired) electrons. The highest BCUT2D eigenvalue weighted by molar-refractivity contribution is 14.0. The molecule has 24 heavy (non-hydrogen) atoms. The van der Waals surface area contributed by atoms with Crippen molar-refractivity contribution in [3.05, 3.63) is 35.4 Å². The Bertz CT molecular complexity index is 476. The van der Waals surface area contributed by atoms with E-state index in [4.69, 9.17) is 4.74 Å². The van der Waals surface area contributed by atoms with Crippen LogP contribution in [0.15, 0.2) is 29.3 Å². The molecule has 0 bridgehead atoms. The second kappa shape index (κ2) is 12.5. The summed E-state index contributed by atoms with van der Waals surface area (Å²) in [6.45, 7) is 5.69. The van der Waals surface area contributed by atoms with E-state index in [9.17, 15) is 0 Å². The zero-order valence-electron chi connectivity index (χ0n) is 15.8. The average molecular weight is 448 g/mol. The summed E-state index contributed by atoms with van der Waals surface area (Å²) >= 11 is 0. The quantitative estimate of drug-likeness (QED) is 0.365. The van der Waals surface area contributed by atoms with E-state index in [1.807, 2.05) is 0 Å². The Balaban J connectivity index is 0.00000529. The molecule has 0 aliphatic heterocycles. The monoisotopic (exact) mass is 448 g/mol. The van der Waals surface area contributed by atoms with Gasteiger partial charge in [-0.2, -0.15) is 0 Å². The van der Waals surface area contributed by atoms with E-state index < -0.39 is 0 Å². The molecule has 6 heteroatoms. The number of hydrogen-bond donors (Lipinski definition) is 2. The first-order chi connectivity index (χ1) is 11.0. The molecule has 0 aliphatic rings. The highest BCUT2D eigenvalue weighted by Gasteiger charge is 2.15. The maximum absolute atomic E-state index is 5.15. The lowest BCUT2D eigenvalue weighted by molar-refractivity contribution is 0.179. The minimum atomic E-state index is 0. The largest absolute Gasteiger partial charge is 0.383 e. The zero-order chi connectivity index (χ0) is 17.2. The first kappa shape index (κ1) is 23.1. The van der Waals surface area contributed by atoms with Crippen molar-refractivity contribution >= 4 is 29.9 Å². The average Bonchev–Trinajstić information content (AvgIpc) is 2.54. The minimum absolute atomic E-state index is 0. The Kier molecular flexibility index (Phi) is 12.0. The third-order valence-electron chi connectivity index (χ3n) is 3.88. The first-order valence-electron chi connectivity index (χ1n) is 8.23. The molecular weight excluding hydrogens is 415 g/mol. The van der Waals surface area contributed by atoms with E-state index in [2.05, 4.69) is 72.7 Å². The first-order valence-corrected chi connectivity index (χ1v) is 8.23. The number of hydrogen-bond acceptors (Lipinski definition) is 3. The molecule has 0 saturated heterocycles. The highest BCUT2D eigenvalue weighted by Crippen LogP contribution is 2.18. The van der Waals surface area contributed by atoms with E-state index >= 15 is 0 Å². The number of nitrogens with zero attached hydrogens (tertiary/aromatic N) is 2. The van der Waals surface area contributed by atoms with Crippen LogP contribution in [0.25, 0.3) is 0 Å². The van der Waals surface area contributed by atoms with Crippen LogP contribution in [0.4, 0.5) is 0 Å². The van der Waals surface area contributed by atoms with Crippen LogP contribution in [0.1, 0.15) is 31.0 Å². The fourth-order valence-corrected chi connectivity index (χ4v) is 2.49. The van der Waals surface area contributed by atoms with Gasteiger partial charge in [-0.05, 0) is 38.6 Å². The number of ether oxygens (including phenoxy) is 1. The Morgan fingerprint density at radius 1 is 1.25 bits per heavy atom. The predicted octanol–water partition coefficient (Wildman–Crippen LogP) is 2.67. The van der Waals surface area contributed by atoms with Crippen molar-refractivity contribution in [2.45, 2.75) is 32.4 Å². The number of halogens is 1. The molecule has 0 spiro atoms. The molecule has 0 amide bonds. The van der Waals surface area contributed by atoms with Gasteiger partial charge in [0.2, 0.25) is 0 Å². The summed E-state index contributed by atoms with van der Waals surface area (Å²) < 4.78 is 5.15. The second-order valence-corrected chi connectivity index (χ2v) is 6.03. The van der Waals surface area contributed by atoms with Gasteiger partial charge in [0.25, 0.3) is 0 Å². The van der Waals surface area contributed by atoms with Crippen LogP contribution in [0, 0.1) is 0 Å². The summed E-state index contributed by atoms with van der Waals surface area (Å²) in [6, 6.07) is 9.35. The molecule has 2 atom stereocenters. The van der Waals surface area contributed by atoms with Crippen molar-refractivity contribution in [3.8, 4) is 0 Å². The van der Waals surface area contributed by atoms with E-state index in [-0.39, 0.29) is 36.1 Å². The molecule has 2 unspecified atom stereocenters. The lowest BCUT2D eigenvalue weighted by Gasteiger charge is -2.27. The van der Waals surface area contributed by atoms with E-state index in [0.29, 0.717) is 6.61 Å². The number of aryl methyl sites for hydroxylation is 1. The van der Waals surface area contributed by atoms with Gasteiger partial charge in [0, 0.05) is 26.7 Å². The van der Waals surface area contributed by atoms with Gasteiger partial charge < -0.3 is 20.3 Å². The van der Waals surface area contributed by atoms with E-state index in [1.54, 1.807) is 14.2 Å². The molecule has 0 heterocycles. The number of rotatable bonds is 8. The van der Waals surface area contributed by atoms with Crippen LogP contribution in [0.5, 0.6) is 0 Å². The lowest BCUT2D eigenvalue weighted by atomic mass is 10.0. The number of nitrogens with one attached hydrogen (secondary N) is 2. The molecule has 2 N–H and O–H groups in total. The molecule has 5 nitrogen and oxygen atoms in total. The van der Waals surface area contributed by atoms with Gasteiger partial charge in [0.1, 0.15) is 0 Å². The highest BCUT2D eigenvalue weighted by atomic mass is 127. The molecule has 1 rings (SSSR count). The topological polar surface area (TPSA) is 48.9 Å². The van der Waals surface area contributed by atoms with E-state index in [1.165, 1.54) is 11.1 Å². The maximum Gasteiger partial charge on any atom is 0.191 e. The summed E-state index contributed by atoms with van der Waals surface area (Å²) in [5, 5.41) is 6.74. The molecule has 1 aromatic rings. The molecule has 0 aromatic heterocycles. The van der Waals surface area contributed by atoms with Crippen LogP contribution in [0.2, 0.25) is 0 Å². The van der Waals surface area contributed by atoms with Crippen molar-refractivity contribution in [1.29, 1.82) is 0 Å². The molecule has 0 aliphatic carbocycles. The number of guanidine groups is 1. The minimum Gasteiger partial charge on any atom is -0.383 e. The lowest BCUT2D eigenvalue weighted by Crippen LogP contribution is -2.46. The molecule has 0 fully saturated rings. The van der Waals surface area contributed by atoms with Crippen LogP contribution in [0.3, 0.4) is 0 Å². The van der Waals surface area contributed by atoms with Crippen molar-refractivity contribution < 1.29 is 4.74 Å². The van der Waals surface area contributed by atoms with Crippen LogP contribution in [-0.4, -0.2) is 58.3 Å². The fraction of sp³-hybridized carbons (Fsp3) is 0.611. The van der Waals surface area contributed by atoms with Gasteiger partial charge in [-0.25, -0.2) is 0 Å². The SMILES string of the molecule is CCc1ccc(C(CNC(=NC)NC(C)COC)N(C)C)cc1.I. The number of methoxy groups -OCH3 is 1. The smallest absolute Gasteiger partial charge is 0.191 e.